The number of carbonyl (C=O) groups excluding carboxylic acids is 1. The zero-order valence-corrected chi connectivity index (χ0v) is 10.7. The minimum Gasteiger partial charge on any atom is -0.481 e. The van der Waals surface area contributed by atoms with Crippen LogP contribution in [-0.4, -0.2) is 49.7 Å². The average Bonchev–Trinajstić information content (AvgIpc) is 2.89. The van der Waals surface area contributed by atoms with Crippen LogP contribution in [0, 0.1) is 5.92 Å². The van der Waals surface area contributed by atoms with Crippen LogP contribution in [0.5, 0.6) is 0 Å². The summed E-state index contributed by atoms with van der Waals surface area (Å²) in [7, 11) is 0. The Bertz CT molecular complexity index is 424. The van der Waals surface area contributed by atoms with Gasteiger partial charge in [-0.3, -0.25) is 9.59 Å². The number of likely N-dealkylation sites (tertiary alicyclic amines) is 1. The van der Waals surface area contributed by atoms with Gasteiger partial charge in [-0.15, -0.1) is 0 Å². The molecular weight excluding hydrogens is 248 g/mol. The first-order chi connectivity index (χ1) is 9.15. The van der Waals surface area contributed by atoms with Crippen molar-refractivity contribution in [2.24, 2.45) is 5.92 Å². The first-order valence-corrected chi connectivity index (χ1v) is 6.47. The van der Waals surface area contributed by atoms with E-state index in [2.05, 4.69) is 10.1 Å². The van der Waals surface area contributed by atoms with Gasteiger partial charge < -0.3 is 10.0 Å². The molecule has 0 aromatic carbocycles. The quantitative estimate of drug-likeness (QED) is 0.832. The molecule has 7 heteroatoms. The lowest BCUT2D eigenvalue weighted by atomic mass is 9.92. The molecule has 2 heterocycles. The summed E-state index contributed by atoms with van der Waals surface area (Å²) in [6, 6.07) is 0. The van der Waals surface area contributed by atoms with Crippen LogP contribution in [0.4, 0.5) is 0 Å². The zero-order chi connectivity index (χ0) is 13.7. The van der Waals surface area contributed by atoms with E-state index in [0.29, 0.717) is 25.4 Å². The second-order valence-electron chi connectivity index (χ2n) is 4.85. The molecule has 1 aromatic heterocycles. The maximum Gasteiger partial charge on any atom is 0.303 e. The fraction of sp³-hybridized carbons (Fsp3) is 0.667. The largest absolute Gasteiger partial charge is 0.481 e. The molecule has 7 nitrogen and oxygen atoms in total. The Balaban J connectivity index is 1.73. The molecule has 1 aromatic rings. The first kappa shape index (κ1) is 13.5. The van der Waals surface area contributed by atoms with Crippen molar-refractivity contribution >= 4 is 11.9 Å². The van der Waals surface area contributed by atoms with Crippen LogP contribution in [0.1, 0.15) is 25.7 Å². The topological polar surface area (TPSA) is 88.3 Å². The number of aromatic nitrogens is 3. The summed E-state index contributed by atoms with van der Waals surface area (Å²) >= 11 is 0. The van der Waals surface area contributed by atoms with E-state index in [9.17, 15) is 9.59 Å². The van der Waals surface area contributed by atoms with Crippen LogP contribution in [0.3, 0.4) is 0 Å². The molecule has 19 heavy (non-hydrogen) atoms. The molecule has 1 N–H and O–H groups in total. The Morgan fingerprint density at radius 2 is 2.05 bits per heavy atom. The molecule has 1 aliphatic heterocycles. The molecule has 0 spiro atoms. The molecule has 1 aliphatic rings. The van der Waals surface area contributed by atoms with Crippen molar-refractivity contribution in [1.82, 2.24) is 19.7 Å². The molecular formula is C12H18N4O3. The highest BCUT2D eigenvalue weighted by molar-refractivity contribution is 5.75. The second-order valence-corrected chi connectivity index (χ2v) is 4.85. The molecule has 2 rings (SSSR count). The molecule has 0 saturated carbocycles. The minimum atomic E-state index is -0.746. The fourth-order valence-electron chi connectivity index (χ4n) is 2.35. The van der Waals surface area contributed by atoms with Crippen molar-refractivity contribution in [2.75, 3.05) is 13.1 Å². The number of carbonyl (C=O) groups is 2. The van der Waals surface area contributed by atoms with Gasteiger partial charge in [0.2, 0.25) is 5.91 Å². The van der Waals surface area contributed by atoms with Crippen molar-refractivity contribution < 1.29 is 14.7 Å². The Hall–Kier alpha value is -1.92. The Morgan fingerprint density at radius 1 is 1.32 bits per heavy atom. The molecule has 0 unspecified atom stereocenters. The number of aliphatic carboxylic acids is 1. The molecule has 1 amide bonds. The van der Waals surface area contributed by atoms with Crippen molar-refractivity contribution in [3.05, 3.63) is 12.7 Å². The number of carboxylic acid groups (broad SMARTS) is 1. The zero-order valence-electron chi connectivity index (χ0n) is 10.7. The SMILES string of the molecule is O=C(O)CCC1CCN(C(=O)Cn2cncn2)CC1. The van der Waals surface area contributed by atoms with Crippen molar-refractivity contribution in [2.45, 2.75) is 32.2 Å². The summed E-state index contributed by atoms with van der Waals surface area (Å²) in [5.41, 5.74) is 0. The molecule has 1 fully saturated rings. The number of rotatable bonds is 5. The molecule has 0 bridgehead atoms. The van der Waals surface area contributed by atoms with E-state index in [1.807, 2.05) is 4.90 Å². The van der Waals surface area contributed by atoms with Gasteiger partial charge in [0.1, 0.15) is 19.2 Å². The molecule has 0 aliphatic carbocycles. The van der Waals surface area contributed by atoms with E-state index < -0.39 is 5.97 Å². The van der Waals surface area contributed by atoms with Gasteiger partial charge in [0, 0.05) is 19.5 Å². The Kier molecular flexibility index (Phi) is 4.48. The Labute approximate surface area is 111 Å². The number of piperidine rings is 1. The van der Waals surface area contributed by atoms with Crippen molar-refractivity contribution in [3.8, 4) is 0 Å². The fourth-order valence-corrected chi connectivity index (χ4v) is 2.35. The van der Waals surface area contributed by atoms with Crippen LogP contribution in [0.25, 0.3) is 0 Å². The molecule has 104 valence electrons. The van der Waals surface area contributed by atoms with Crippen LogP contribution < -0.4 is 0 Å². The third-order valence-electron chi connectivity index (χ3n) is 3.50. The smallest absolute Gasteiger partial charge is 0.303 e. The van der Waals surface area contributed by atoms with E-state index in [1.54, 1.807) is 0 Å². The third-order valence-corrected chi connectivity index (χ3v) is 3.50. The number of carboxylic acids is 1. The highest BCUT2D eigenvalue weighted by Gasteiger charge is 2.23. The van der Waals surface area contributed by atoms with Crippen molar-refractivity contribution in [1.29, 1.82) is 0 Å². The summed E-state index contributed by atoms with van der Waals surface area (Å²) in [5.74, 6) is -0.279. The van der Waals surface area contributed by atoms with Crippen LogP contribution in [0.15, 0.2) is 12.7 Å². The van der Waals surface area contributed by atoms with Crippen LogP contribution >= 0.6 is 0 Å². The lowest BCUT2D eigenvalue weighted by Gasteiger charge is -2.31. The lowest BCUT2D eigenvalue weighted by Crippen LogP contribution is -2.40. The number of nitrogens with zero attached hydrogens (tertiary/aromatic N) is 4. The highest BCUT2D eigenvalue weighted by atomic mass is 16.4. The molecule has 0 radical (unpaired) electrons. The van der Waals surface area contributed by atoms with Crippen LogP contribution in [0.2, 0.25) is 0 Å². The van der Waals surface area contributed by atoms with Gasteiger partial charge in [0.15, 0.2) is 0 Å². The third kappa shape index (κ3) is 4.04. The summed E-state index contributed by atoms with van der Waals surface area (Å²) < 4.78 is 1.51. The van der Waals surface area contributed by atoms with E-state index in [0.717, 1.165) is 12.8 Å². The number of hydrogen-bond donors (Lipinski definition) is 1. The van der Waals surface area contributed by atoms with E-state index in [1.165, 1.54) is 17.3 Å². The Morgan fingerprint density at radius 3 is 2.63 bits per heavy atom. The lowest BCUT2D eigenvalue weighted by molar-refractivity contribution is -0.138. The summed E-state index contributed by atoms with van der Waals surface area (Å²) in [6.45, 7) is 1.63. The van der Waals surface area contributed by atoms with Gasteiger partial charge >= 0.3 is 5.97 Å². The van der Waals surface area contributed by atoms with Gasteiger partial charge in [0.05, 0.1) is 0 Å². The summed E-state index contributed by atoms with van der Waals surface area (Å²) in [4.78, 5) is 28.1. The second kappa shape index (κ2) is 6.31. The minimum absolute atomic E-state index is 0.0437. The summed E-state index contributed by atoms with van der Waals surface area (Å²) in [5, 5.41) is 12.6. The predicted molar refractivity (Wildman–Crippen MR) is 66.2 cm³/mol. The predicted octanol–water partition coefficient (Wildman–Crippen LogP) is 0.381. The van der Waals surface area contributed by atoms with E-state index >= 15 is 0 Å². The summed E-state index contributed by atoms with van der Waals surface area (Å²) in [6.07, 6.45) is 5.63. The standard InChI is InChI=1S/C12H18N4O3/c17-11(7-16-9-13-8-14-16)15-5-3-10(4-6-15)1-2-12(18)19/h8-10H,1-7H2,(H,18,19). The maximum absolute atomic E-state index is 12.0. The van der Waals surface area contributed by atoms with Gasteiger partial charge in [-0.05, 0) is 25.2 Å². The normalized spacial score (nSPS) is 16.5. The van der Waals surface area contributed by atoms with Gasteiger partial charge in [-0.1, -0.05) is 0 Å². The first-order valence-electron chi connectivity index (χ1n) is 6.47. The van der Waals surface area contributed by atoms with Gasteiger partial charge in [-0.2, -0.15) is 5.10 Å². The van der Waals surface area contributed by atoms with Crippen LogP contribution in [-0.2, 0) is 16.1 Å². The van der Waals surface area contributed by atoms with E-state index in [-0.39, 0.29) is 18.9 Å². The highest BCUT2D eigenvalue weighted by Crippen LogP contribution is 2.21. The average molecular weight is 266 g/mol. The van der Waals surface area contributed by atoms with Gasteiger partial charge in [0.25, 0.3) is 0 Å². The van der Waals surface area contributed by atoms with Crippen molar-refractivity contribution in [3.63, 3.8) is 0 Å². The van der Waals surface area contributed by atoms with Gasteiger partial charge in [-0.25, -0.2) is 9.67 Å². The number of amides is 1. The maximum atomic E-state index is 12.0. The molecule has 1 saturated heterocycles. The molecule has 0 atom stereocenters. The monoisotopic (exact) mass is 266 g/mol. The van der Waals surface area contributed by atoms with E-state index in [4.69, 9.17) is 5.11 Å². The number of hydrogen-bond acceptors (Lipinski definition) is 4.